The van der Waals surface area contributed by atoms with E-state index in [1.54, 1.807) is 11.8 Å². The van der Waals surface area contributed by atoms with E-state index in [0.29, 0.717) is 18.7 Å². The maximum atomic E-state index is 12.1. The highest BCUT2D eigenvalue weighted by Gasteiger charge is 2.22. The normalized spacial score (nSPS) is 11.9. The summed E-state index contributed by atoms with van der Waals surface area (Å²) in [5.74, 6) is 0.741. The average Bonchev–Trinajstić information content (AvgIpc) is 2.69. The van der Waals surface area contributed by atoms with Gasteiger partial charge in [0, 0.05) is 30.1 Å². The van der Waals surface area contributed by atoms with E-state index in [1.807, 2.05) is 20.1 Å². The molecule has 1 heterocycles. The first-order valence-corrected chi connectivity index (χ1v) is 8.63. The van der Waals surface area contributed by atoms with Gasteiger partial charge in [-0.2, -0.15) is 16.9 Å². The Balaban J connectivity index is 2.87. The van der Waals surface area contributed by atoms with Crippen LogP contribution in [0.2, 0.25) is 0 Å². The van der Waals surface area contributed by atoms with Crippen molar-refractivity contribution in [2.24, 2.45) is 0 Å². The Morgan fingerprint density at radius 2 is 2.17 bits per heavy atom. The Bertz CT molecular complexity index is 470. The summed E-state index contributed by atoms with van der Waals surface area (Å²) < 4.78 is 26.7. The van der Waals surface area contributed by atoms with Gasteiger partial charge in [0.05, 0.1) is 0 Å². The molecule has 0 bridgehead atoms. The van der Waals surface area contributed by atoms with Gasteiger partial charge in [-0.3, -0.25) is 5.10 Å². The molecule has 0 aromatic carbocycles. The number of aromatic amines is 1. The van der Waals surface area contributed by atoms with Crippen molar-refractivity contribution >= 4 is 21.8 Å². The van der Waals surface area contributed by atoms with Crippen LogP contribution in [-0.2, 0) is 16.6 Å². The van der Waals surface area contributed by atoms with Crippen LogP contribution < -0.4 is 10.0 Å². The van der Waals surface area contributed by atoms with Crippen molar-refractivity contribution in [2.45, 2.75) is 25.4 Å². The number of sulfonamides is 1. The number of H-pyrrole nitrogens is 1. The topological polar surface area (TPSA) is 86.9 Å². The second-order valence-corrected chi connectivity index (χ2v) is 6.47. The van der Waals surface area contributed by atoms with Crippen molar-refractivity contribution in [3.63, 3.8) is 0 Å². The zero-order valence-electron chi connectivity index (χ0n) is 10.9. The zero-order valence-corrected chi connectivity index (χ0v) is 12.5. The van der Waals surface area contributed by atoms with Crippen LogP contribution in [0, 0.1) is 6.92 Å². The van der Waals surface area contributed by atoms with E-state index >= 15 is 0 Å². The maximum Gasteiger partial charge on any atom is 0.260 e. The van der Waals surface area contributed by atoms with Crippen molar-refractivity contribution in [3.8, 4) is 0 Å². The molecule has 18 heavy (non-hydrogen) atoms. The molecular weight excluding hydrogens is 272 g/mol. The lowest BCUT2D eigenvalue weighted by atomic mass is 10.2. The first kappa shape index (κ1) is 15.5. The molecule has 0 atom stereocenters. The predicted octanol–water partition coefficient (Wildman–Crippen LogP) is 0.469. The van der Waals surface area contributed by atoms with Gasteiger partial charge >= 0.3 is 0 Å². The molecule has 104 valence electrons. The third-order valence-electron chi connectivity index (χ3n) is 2.44. The fraction of sp³-hybridized carbons (Fsp3) is 0.700. The van der Waals surface area contributed by atoms with Crippen LogP contribution in [-0.4, -0.2) is 43.7 Å². The highest BCUT2D eigenvalue weighted by Crippen LogP contribution is 2.15. The summed E-state index contributed by atoms with van der Waals surface area (Å²) in [4.78, 5) is 0. The van der Waals surface area contributed by atoms with Gasteiger partial charge in [-0.1, -0.05) is 6.92 Å². The second kappa shape index (κ2) is 7.13. The van der Waals surface area contributed by atoms with E-state index in [9.17, 15) is 8.42 Å². The first-order valence-electron chi connectivity index (χ1n) is 5.76. The number of nitrogens with zero attached hydrogens (tertiary/aromatic N) is 1. The van der Waals surface area contributed by atoms with Gasteiger partial charge < -0.3 is 5.32 Å². The number of aryl methyl sites for hydroxylation is 1. The monoisotopic (exact) mass is 292 g/mol. The molecule has 0 amide bonds. The van der Waals surface area contributed by atoms with Gasteiger partial charge in [0.15, 0.2) is 5.03 Å². The van der Waals surface area contributed by atoms with Crippen LogP contribution in [0.4, 0.5) is 0 Å². The molecule has 0 spiro atoms. The molecule has 0 radical (unpaired) electrons. The van der Waals surface area contributed by atoms with Gasteiger partial charge in [0.25, 0.3) is 10.0 Å². The summed E-state index contributed by atoms with van der Waals surface area (Å²) in [5.41, 5.74) is 1.48. The Labute approximate surface area is 112 Å². The van der Waals surface area contributed by atoms with E-state index < -0.39 is 10.0 Å². The third kappa shape index (κ3) is 3.98. The largest absolute Gasteiger partial charge is 0.313 e. The zero-order chi connectivity index (χ0) is 13.6. The molecule has 0 aliphatic heterocycles. The van der Waals surface area contributed by atoms with Crippen LogP contribution in [0.1, 0.15) is 18.2 Å². The van der Waals surface area contributed by atoms with E-state index in [1.165, 1.54) is 0 Å². The molecule has 0 aliphatic rings. The number of hydrogen-bond donors (Lipinski definition) is 3. The number of rotatable bonds is 8. The fourth-order valence-electron chi connectivity index (χ4n) is 1.46. The molecule has 3 N–H and O–H groups in total. The van der Waals surface area contributed by atoms with Crippen LogP contribution >= 0.6 is 11.8 Å². The van der Waals surface area contributed by atoms with Crippen molar-refractivity contribution in [1.82, 2.24) is 20.2 Å². The summed E-state index contributed by atoms with van der Waals surface area (Å²) in [6, 6.07) is 0. The fourth-order valence-corrected chi connectivity index (χ4v) is 3.12. The van der Waals surface area contributed by atoms with Crippen LogP contribution in [0.15, 0.2) is 5.03 Å². The van der Waals surface area contributed by atoms with Gasteiger partial charge in [0.2, 0.25) is 0 Å². The van der Waals surface area contributed by atoms with E-state index in [0.717, 1.165) is 18.0 Å². The molecule has 8 heteroatoms. The lowest BCUT2D eigenvalue weighted by molar-refractivity contribution is 0.577. The number of hydrogen-bond acceptors (Lipinski definition) is 5. The third-order valence-corrected chi connectivity index (χ3v) is 4.48. The molecule has 0 aliphatic carbocycles. The molecule has 1 aromatic heterocycles. The van der Waals surface area contributed by atoms with Crippen molar-refractivity contribution < 1.29 is 8.42 Å². The van der Waals surface area contributed by atoms with E-state index in [2.05, 4.69) is 20.2 Å². The summed E-state index contributed by atoms with van der Waals surface area (Å²) in [5, 5.41) is 9.84. The smallest absolute Gasteiger partial charge is 0.260 e. The predicted molar refractivity (Wildman–Crippen MR) is 74.3 cm³/mol. The minimum Gasteiger partial charge on any atom is -0.313 e. The second-order valence-electron chi connectivity index (χ2n) is 3.80. The van der Waals surface area contributed by atoms with Gasteiger partial charge in [-0.05, 0) is 19.7 Å². The van der Waals surface area contributed by atoms with Crippen molar-refractivity contribution in [3.05, 3.63) is 11.3 Å². The van der Waals surface area contributed by atoms with Crippen molar-refractivity contribution in [1.29, 1.82) is 0 Å². The summed E-state index contributed by atoms with van der Waals surface area (Å²) in [7, 11) is -3.52. The summed E-state index contributed by atoms with van der Waals surface area (Å²) >= 11 is 1.59. The molecule has 0 saturated carbocycles. The van der Waals surface area contributed by atoms with Crippen LogP contribution in [0.25, 0.3) is 0 Å². The maximum absolute atomic E-state index is 12.1. The van der Waals surface area contributed by atoms with Gasteiger partial charge in [0.1, 0.15) is 0 Å². The summed E-state index contributed by atoms with van der Waals surface area (Å²) in [6.45, 7) is 5.48. The van der Waals surface area contributed by atoms with Gasteiger partial charge in [-0.15, -0.1) is 0 Å². The lowest BCUT2D eigenvalue weighted by Crippen LogP contribution is -2.28. The number of aromatic nitrogens is 2. The Hall–Kier alpha value is -0.570. The molecule has 6 nitrogen and oxygen atoms in total. The minimum absolute atomic E-state index is 0.0991. The highest BCUT2D eigenvalue weighted by molar-refractivity contribution is 7.98. The standard InChI is InChI=1S/C10H20N4O2S2/c1-4-11-7-9-8(2)13-14-10(9)18(15,16)12-5-6-17-3/h11-12H,4-7H2,1-3H3,(H,13,14). The molecule has 0 unspecified atom stereocenters. The van der Waals surface area contributed by atoms with Crippen molar-refractivity contribution in [2.75, 3.05) is 25.1 Å². The Morgan fingerprint density at radius 1 is 1.44 bits per heavy atom. The molecule has 0 saturated heterocycles. The highest BCUT2D eigenvalue weighted by atomic mass is 32.2. The minimum atomic E-state index is -3.52. The summed E-state index contributed by atoms with van der Waals surface area (Å²) in [6.07, 6.45) is 1.93. The lowest BCUT2D eigenvalue weighted by Gasteiger charge is -2.06. The van der Waals surface area contributed by atoms with Crippen LogP contribution in [0.5, 0.6) is 0 Å². The molecule has 0 fully saturated rings. The average molecular weight is 292 g/mol. The first-order chi connectivity index (χ1) is 8.53. The van der Waals surface area contributed by atoms with Gasteiger partial charge in [-0.25, -0.2) is 13.1 Å². The molecular formula is C10H20N4O2S2. The Morgan fingerprint density at radius 3 is 2.78 bits per heavy atom. The quantitative estimate of drug-likeness (QED) is 0.606. The SMILES string of the molecule is CCNCc1c(S(=O)(=O)NCCSC)n[nH]c1C. The van der Waals surface area contributed by atoms with E-state index in [-0.39, 0.29) is 5.03 Å². The van der Waals surface area contributed by atoms with Crippen LogP contribution in [0.3, 0.4) is 0 Å². The molecule has 1 aromatic rings. The molecule has 1 rings (SSSR count). The number of thioether (sulfide) groups is 1. The van der Waals surface area contributed by atoms with E-state index in [4.69, 9.17) is 0 Å². The Kier molecular flexibility index (Phi) is 6.13. The number of nitrogens with one attached hydrogen (secondary N) is 3.